The van der Waals surface area contributed by atoms with Crippen LogP contribution in [-0.2, 0) is 9.59 Å². The molecule has 1 heterocycles. The van der Waals surface area contributed by atoms with Crippen molar-refractivity contribution in [2.24, 2.45) is 23.7 Å². The fourth-order valence-corrected chi connectivity index (χ4v) is 5.78. The van der Waals surface area contributed by atoms with Crippen molar-refractivity contribution in [3.8, 4) is 0 Å². The first kappa shape index (κ1) is 21.9. The number of nitro groups is 1. The highest BCUT2D eigenvalue weighted by atomic mass is 16.6. The molecule has 34 heavy (non-hydrogen) atoms. The lowest BCUT2D eigenvalue weighted by Crippen LogP contribution is -2.52. The Hall–Kier alpha value is -3.88. The minimum absolute atomic E-state index is 0.0901. The van der Waals surface area contributed by atoms with E-state index >= 15 is 0 Å². The van der Waals surface area contributed by atoms with Crippen LogP contribution in [0.2, 0.25) is 0 Å². The molecular weight excluding hydrogens is 438 g/mol. The van der Waals surface area contributed by atoms with Crippen LogP contribution in [0.15, 0.2) is 48.5 Å². The summed E-state index contributed by atoms with van der Waals surface area (Å²) in [6.07, 6.45) is 2.54. The number of rotatable bonds is 6. The Morgan fingerprint density at radius 1 is 1.00 bits per heavy atom. The van der Waals surface area contributed by atoms with E-state index in [2.05, 4.69) is 0 Å². The van der Waals surface area contributed by atoms with Crippen LogP contribution in [0.5, 0.6) is 0 Å². The quantitative estimate of drug-likeness (QED) is 0.282. The SMILES string of the molecule is Cc1ccc(C(=O)CN(C(=O)c2ccccc2[N+](=O)[O-])N2C(=O)[C@@H]3[C@H]4CC[C@@H](C4)[C@H]3C2=O)cc1. The number of ketones is 1. The number of imide groups is 1. The first-order valence-corrected chi connectivity index (χ1v) is 11.3. The first-order chi connectivity index (χ1) is 16.3. The van der Waals surface area contributed by atoms with Crippen molar-refractivity contribution in [1.29, 1.82) is 0 Å². The van der Waals surface area contributed by atoms with E-state index in [1.54, 1.807) is 24.3 Å². The number of amides is 3. The van der Waals surface area contributed by atoms with E-state index in [1.165, 1.54) is 24.3 Å². The minimum Gasteiger partial charge on any atom is -0.292 e. The van der Waals surface area contributed by atoms with Gasteiger partial charge >= 0.3 is 0 Å². The molecule has 3 fully saturated rings. The largest absolute Gasteiger partial charge is 0.292 e. The highest BCUT2D eigenvalue weighted by molar-refractivity contribution is 6.10. The molecule has 5 rings (SSSR count). The van der Waals surface area contributed by atoms with Gasteiger partial charge in [-0.15, -0.1) is 0 Å². The third kappa shape index (κ3) is 3.39. The van der Waals surface area contributed by atoms with Gasteiger partial charge in [0, 0.05) is 11.6 Å². The van der Waals surface area contributed by atoms with Gasteiger partial charge < -0.3 is 0 Å². The van der Waals surface area contributed by atoms with E-state index in [0.717, 1.165) is 34.8 Å². The van der Waals surface area contributed by atoms with Crippen LogP contribution in [0.4, 0.5) is 5.69 Å². The summed E-state index contributed by atoms with van der Waals surface area (Å²) in [4.78, 5) is 64.4. The summed E-state index contributed by atoms with van der Waals surface area (Å²) in [7, 11) is 0. The molecule has 3 aliphatic rings. The lowest BCUT2D eigenvalue weighted by atomic mass is 9.81. The average molecular weight is 461 g/mol. The standard InChI is InChI=1S/C25H23N3O6/c1-14-6-8-15(9-7-14)20(29)13-26(23(30)18-4-2-3-5-19(18)28(33)34)27-24(31)21-16-10-11-17(12-16)22(21)25(27)32/h2-9,16-17,21-22H,10-13H2,1H3/t16-,17-,21+,22+/m0/s1. The second kappa shape index (κ2) is 8.16. The zero-order valence-corrected chi connectivity index (χ0v) is 18.5. The normalized spacial score (nSPS) is 24.9. The van der Waals surface area contributed by atoms with Gasteiger partial charge in [-0.2, -0.15) is 5.01 Å². The third-order valence-corrected chi connectivity index (χ3v) is 7.38. The maximum Gasteiger partial charge on any atom is 0.282 e. The predicted octanol–water partition coefficient (Wildman–Crippen LogP) is 3.17. The fraction of sp³-hybridized carbons (Fsp3) is 0.360. The van der Waals surface area contributed by atoms with Gasteiger partial charge in [0.05, 0.1) is 16.8 Å². The van der Waals surface area contributed by atoms with E-state index in [1.807, 2.05) is 6.92 Å². The second-order valence-corrected chi connectivity index (χ2v) is 9.30. The summed E-state index contributed by atoms with van der Waals surface area (Å²) in [6.45, 7) is 1.29. The number of para-hydroxylation sites is 1. The third-order valence-electron chi connectivity index (χ3n) is 7.38. The summed E-state index contributed by atoms with van der Waals surface area (Å²) in [5.74, 6) is -3.21. The molecule has 2 aliphatic carbocycles. The van der Waals surface area contributed by atoms with Gasteiger partial charge in [0.1, 0.15) is 12.1 Å². The van der Waals surface area contributed by atoms with Gasteiger partial charge in [0.15, 0.2) is 5.78 Å². The summed E-state index contributed by atoms with van der Waals surface area (Å²) in [5.41, 5.74) is 0.507. The van der Waals surface area contributed by atoms with Crippen molar-refractivity contribution in [2.75, 3.05) is 6.54 Å². The Labute approximate surface area is 195 Å². The maximum atomic E-state index is 13.6. The Morgan fingerprint density at radius 3 is 2.18 bits per heavy atom. The highest BCUT2D eigenvalue weighted by Crippen LogP contribution is 2.56. The summed E-state index contributed by atoms with van der Waals surface area (Å²) in [5, 5.41) is 13.2. The molecule has 9 nitrogen and oxygen atoms in total. The molecule has 1 saturated heterocycles. The molecule has 2 saturated carbocycles. The molecule has 2 aromatic rings. The topological polar surface area (TPSA) is 118 Å². The van der Waals surface area contributed by atoms with E-state index in [9.17, 15) is 29.3 Å². The van der Waals surface area contributed by atoms with Gasteiger partial charge in [-0.1, -0.05) is 42.0 Å². The maximum absolute atomic E-state index is 13.6. The van der Waals surface area contributed by atoms with Crippen molar-refractivity contribution in [1.82, 2.24) is 10.0 Å². The van der Waals surface area contributed by atoms with Crippen molar-refractivity contribution in [3.05, 3.63) is 75.3 Å². The van der Waals surface area contributed by atoms with E-state index < -0.39 is 52.5 Å². The van der Waals surface area contributed by atoms with Crippen LogP contribution >= 0.6 is 0 Å². The highest BCUT2D eigenvalue weighted by Gasteiger charge is 2.62. The van der Waals surface area contributed by atoms with E-state index in [4.69, 9.17) is 0 Å². The molecule has 1 aliphatic heterocycles. The van der Waals surface area contributed by atoms with Crippen LogP contribution in [0, 0.1) is 40.7 Å². The Balaban J connectivity index is 1.54. The summed E-state index contributed by atoms with van der Waals surface area (Å²) < 4.78 is 0. The number of nitrogens with zero attached hydrogens (tertiary/aromatic N) is 3. The number of aryl methyl sites for hydroxylation is 1. The van der Waals surface area contributed by atoms with E-state index in [-0.39, 0.29) is 17.4 Å². The smallest absolute Gasteiger partial charge is 0.282 e. The fourth-order valence-electron chi connectivity index (χ4n) is 5.78. The number of Topliss-reactive ketones (excluding diaryl/α,β-unsaturated/α-hetero) is 1. The molecule has 4 atom stereocenters. The number of hydrogen-bond donors (Lipinski definition) is 0. The zero-order valence-electron chi connectivity index (χ0n) is 18.5. The summed E-state index contributed by atoms with van der Waals surface area (Å²) >= 11 is 0. The minimum atomic E-state index is -0.929. The van der Waals surface area contributed by atoms with Crippen LogP contribution < -0.4 is 0 Å². The van der Waals surface area contributed by atoms with Crippen molar-refractivity contribution >= 4 is 29.2 Å². The van der Waals surface area contributed by atoms with Crippen molar-refractivity contribution in [2.45, 2.75) is 26.2 Å². The molecule has 3 amide bonds. The molecule has 0 radical (unpaired) electrons. The second-order valence-electron chi connectivity index (χ2n) is 9.30. The molecule has 2 aromatic carbocycles. The van der Waals surface area contributed by atoms with Crippen molar-refractivity contribution < 1.29 is 24.1 Å². The lowest BCUT2D eigenvalue weighted by Gasteiger charge is -2.30. The number of benzene rings is 2. The average Bonchev–Trinajstić information content (AvgIpc) is 3.51. The van der Waals surface area contributed by atoms with Crippen LogP contribution in [0.1, 0.15) is 45.5 Å². The number of carbonyl (C=O) groups excluding carboxylic acids is 4. The van der Waals surface area contributed by atoms with Gasteiger partial charge in [-0.25, -0.2) is 5.01 Å². The molecule has 0 unspecified atom stereocenters. The van der Waals surface area contributed by atoms with Gasteiger partial charge in [0.2, 0.25) is 0 Å². The number of nitro benzene ring substituents is 1. The molecule has 0 spiro atoms. The van der Waals surface area contributed by atoms with Gasteiger partial charge in [-0.05, 0) is 44.1 Å². The predicted molar refractivity (Wildman–Crippen MR) is 119 cm³/mol. The number of hydrogen-bond acceptors (Lipinski definition) is 6. The zero-order chi connectivity index (χ0) is 24.1. The number of hydrazine groups is 1. The van der Waals surface area contributed by atoms with Crippen LogP contribution in [-0.4, -0.2) is 45.0 Å². The molecule has 9 heteroatoms. The molecular formula is C25H23N3O6. The number of fused-ring (bicyclic) bond motifs is 5. The number of carbonyl (C=O) groups is 4. The Kier molecular flexibility index (Phi) is 5.27. The Bertz CT molecular complexity index is 1200. The summed E-state index contributed by atoms with van der Waals surface area (Å²) in [6, 6.07) is 12.0. The first-order valence-electron chi connectivity index (χ1n) is 11.3. The molecule has 2 bridgehead atoms. The molecule has 0 N–H and O–H groups in total. The monoisotopic (exact) mass is 461 g/mol. The van der Waals surface area contributed by atoms with Gasteiger partial charge in [0.25, 0.3) is 23.4 Å². The lowest BCUT2D eigenvalue weighted by molar-refractivity contribution is -0.385. The Morgan fingerprint density at radius 2 is 1.59 bits per heavy atom. The van der Waals surface area contributed by atoms with Crippen molar-refractivity contribution in [3.63, 3.8) is 0 Å². The van der Waals surface area contributed by atoms with Crippen LogP contribution in [0.25, 0.3) is 0 Å². The van der Waals surface area contributed by atoms with Crippen LogP contribution in [0.3, 0.4) is 0 Å². The van der Waals surface area contributed by atoms with Gasteiger partial charge in [-0.3, -0.25) is 29.3 Å². The molecule has 174 valence electrons. The molecule has 0 aromatic heterocycles. The van der Waals surface area contributed by atoms with E-state index in [0.29, 0.717) is 5.56 Å².